The molecule has 0 radical (unpaired) electrons. The van der Waals surface area contributed by atoms with Crippen LogP contribution in [0.4, 0.5) is 5.82 Å². The normalized spacial score (nSPS) is 18.4. The number of amides is 1. The third-order valence-electron chi connectivity index (χ3n) is 4.09. The van der Waals surface area contributed by atoms with Crippen molar-refractivity contribution in [2.75, 3.05) is 18.0 Å². The zero-order valence-electron chi connectivity index (χ0n) is 11.4. The zero-order chi connectivity index (χ0) is 14.3. The SMILES string of the molecule is Cc1c[nH]c2ncnc(N3CCC(N)(C(N)=O)CC3)c12. The number of nitrogens with one attached hydrogen (secondary N) is 1. The molecule has 7 heteroatoms. The minimum atomic E-state index is -0.893. The summed E-state index contributed by atoms with van der Waals surface area (Å²) in [7, 11) is 0. The van der Waals surface area contributed by atoms with Gasteiger partial charge in [-0.3, -0.25) is 4.79 Å². The smallest absolute Gasteiger partial charge is 0.237 e. The summed E-state index contributed by atoms with van der Waals surface area (Å²) in [5, 5.41) is 1.02. The van der Waals surface area contributed by atoms with Crippen molar-refractivity contribution in [2.24, 2.45) is 11.5 Å². The number of H-pyrrole nitrogens is 1. The second-order valence-corrected chi connectivity index (χ2v) is 5.40. The van der Waals surface area contributed by atoms with Crippen molar-refractivity contribution in [3.63, 3.8) is 0 Å². The maximum atomic E-state index is 11.4. The van der Waals surface area contributed by atoms with Crippen LogP contribution in [-0.2, 0) is 4.79 Å². The van der Waals surface area contributed by atoms with E-state index in [4.69, 9.17) is 11.5 Å². The van der Waals surface area contributed by atoms with Gasteiger partial charge in [-0.25, -0.2) is 9.97 Å². The van der Waals surface area contributed by atoms with Gasteiger partial charge < -0.3 is 21.4 Å². The molecule has 0 unspecified atom stereocenters. The second-order valence-electron chi connectivity index (χ2n) is 5.40. The van der Waals surface area contributed by atoms with Crippen molar-refractivity contribution in [1.82, 2.24) is 15.0 Å². The number of fused-ring (bicyclic) bond motifs is 1. The summed E-state index contributed by atoms with van der Waals surface area (Å²) in [6.45, 7) is 3.35. The highest BCUT2D eigenvalue weighted by Crippen LogP contribution is 2.29. The minimum Gasteiger partial charge on any atom is -0.368 e. The Hall–Kier alpha value is -2.15. The first-order valence-electron chi connectivity index (χ1n) is 6.64. The summed E-state index contributed by atoms with van der Waals surface area (Å²) in [6, 6.07) is 0. The van der Waals surface area contributed by atoms with E-state index in [0.717, 1.165) is 22.4 Å². The van der Waals surface area contributed by atoms with Gasteiger partial charge in [0.05, 0.1) is 10.9 Å². The molecule has 2 aromatic heterocycles. The van der Waals surface area contributed by atoms with Gasteiger partial charge in [0.1, 0.15) is 17.8 Å². The van der Waals surface area contributed by atoms with E-state index in [9.17, 15) is 4.79 Å². The van der Waals surface area contributed by atoms with Crippen LogP contribution in [0, 0.1) is 6.92 Å². The molecule has 2 aromatic rings. The van der Waals surface area contributed by atoms with Crippen LogP contribution < -0.4 is 16.4 Å². The van der Waals surface area contributed by atoms with Crippen LogP contribution in [0.15, 0.2) is 12.5 Å². The van der Waals surface area contributed by atoms with Crippen molar-refractivity contribution in [3.8, 4) is 0 Å². The Bertz CT molecular complexity index is 656. The van der Waals surface area contributed by atoms with E-state index in [2.05, 4.69) is 19.9 Å². The molecule has 1 fully saturated rings. The highest BCUT2D eigenvalue weighted by atomic mass is 16.1. The molecule has 106 valence electrons. The molecule has 0 spiro atoms. The van der Waals surface area contributed by atoms with Gasteiger partial charge >= 0.3 is 0 Å². The van der Waals surface area contributed by atoms with Crippen LogP contribution in [0.3, 0.4) is 0 Å². The van der Waals surface area contributed by atoms with Crippen molar-refractivity contribution >= 4 is 22.8 Å². The Labute approximate surface area is 116 Å². The van der Waals surface area contributed by atoms with Crippen molar-refractivity contribution < 1.29 is 4.79 Å². The summed E-state index contributed by atoms with van der Waals surface area (Å²) < 4.78 is 0. The maximum absolute atomic E-state index is 11.4. The molecule has 0 aliphatic carbocycles. The van der Waals surface area contributed by atoms with Gasteiger partial charge in [-0.2, -0.15) is 0 Å². The summed E-state index contributed by atoms with van der Waals surface area (Å²) in [6.07, 6.45) is 4.55. The highest BCUT2D eigenvalue weighted by molar-refractivity contribution is 5.91. The lowest BCUT2D eigenvalue weighted by atomic mass is 9.88. The van der Waals surface area contributed by atoms with Crippen LogP contribution in [-0.4, -0.2) is 39.5 Å². The van der Waals surface area contributed by atoms with Crippen molar-refractivity contribution in [2.45, 2.75) is 25.3 Å². The summed E-state index contributed by atoms with van der Waals surface area (Å²) in [5.41, 5.74) is 12.4. The molecule has 0 aromatic carbocycles. The van der Waals surface area contributed by atoms with Crippen LogP contribution in [0.1, 0.15) is 18.4 Å². The number of carbonyl (C=O) groups is 1. The predicted octanol–water partition coefficient (Wildman–Crippen LogP) is 0.0493. The summed E-state index contributed by atoms with van der Waals surface area (Å²) in [4.78, 5) is 25.3. The third kappa shape index (κ3) is 1.90. The molecule has 7 nitrogen and oxygen atoms in total. The highest BCUT2D eigenvalue weighted by Gasteiger charge is 2.36. The number of carbonyl (C=O) groups excluding carboxylic acids is 1. The van der Waals surface area contributed by atoms with Gasteiger partial charge in [-0.15, -0.1) is 0 Å². The number of nitrogens with two attached hydrogens (primary N) is 2. The summed E-state index contributed by atoms with van der Waals surface area (Å²) in [5.74, 6) is 0.461. The minimum absolute atomic E-state index is 0.428. The van der Waals surface area contributed by atoms with E-state index >= 15 is 0 Å². The van der Waals surface area contributed by atoms with Gasteiger partial charge in [0, 0.05) is 19.3 Å². The molecular formula is C13H18N6O. The van der Waals surface area contributed by atoms with Crippen LogP contribution in [0.25, 0.3) is 11.0 Å². The maximum Gasteiger partial charge on any atom is 0.237 e. The number of hydrogen-bond donors (Lipinski definition) is 3. The number of aromatic amines is 1. The Balaban J connectivity index is 1.91. The topological polar surface area (TPSA) is 114 Å². The lowest BCUT2D eigenvalue weighted by molar-refractivity contribution is -0.123. The Morgan fingerprint density at radius 3 is 2.75 bits per heavy atom. The molecular weight excluding hydrogens is 256 g/mol. The first kappa shape index (κ1) is 12.9. The van der Waals surface area contributed by atoms with Crippen LogP contribution in [0.5, 0.6) is 0 Å². The van der Waals surface area contributed by atoms with E-state index < -0.39 is 11.4 Å². The molecule has 1 aliphatic rings. The van der Waals surface area contributed by atoms with Crippen LogP contribution >= 0.6 is 0 Å². The number of rotatable bonds is 2. The van der Waals surface area contributed by atoms with Gasteiger partial charge in [-0.05, 0) is 25.3 Å². The molecule has 0 saturated carbocycles. The molecule has 3 heterocycles. The molecule has 5 N–H and O–H groups in total. The first-order chi connectivity index (χ1) is 9.51. The lowest BCUT2D eigenvalue weighted by Gasteiger charge is -2.37. The number of anilines is 1. The molecule has 0 atom stereocenters. The van der Waals surface area contributed by atoms with Gasteiger partial charge in [-0.1, -0.05) is 0 Å². The quantitative estimate of drug-likeness (QED) is 0.716. The number of aryl methyl sites for hydroxylation is 1. The predicted molar refractivity (Wildman–Crippen MR) is 76.2 cm³/mol. The fourth-order valence-electron chi connectivity index (χ4n) is 2.70. The number of aromatic nitrogens is 3. The van der Waals surface area contributed by atoms with E-state index in [1.54, 1.807) is 6.33 Å². The fraction of sp³-hybridized carbons (Fsp3) is 0.462. The Morgan fingerprint density at radius 2 is 2.10 bits per heavy atom. The lowest BCUT2D eigenvalue weighted by Crippen LogP contribution is -2.58. The molecule has 20 heavy (non-hydrogen) atoms. The molecule has 0 bridgehead atoms. The molecule has 1 aliphatic heterocycles. The standard InChI is InChI=1S/C13H18N6O/c1-8-6-16-10-9(8)11(18-7-17-10)19-4-2-13(15,3-5-19)12(14)20/h6-7H,2-5,15H2,1H3,(H2,14,20)(H,16,17,18). The van der Waals surface area contributed by atoms with Gasteiger partial charge in [0.15, 0.2) is 0 Å². The first-order valence-corrected chi connectivity index (χ1v) is 6.64. The van der Waals surface area contributed by atoms with Gasteiger partial charge in [0.2, 0.25) is 5.91 Å². The summed E-state index contributed by atoms with van der Waals surface area (Å²) >= 11 is 0. The van der Waals surface area contributed by atoms with Crippen molar-refractivity contribution in [1.29, 1.82) is 0 Å². The number of piperidine rings is 1. The van der Waals surface area contributed by atoms with Gasteiger partial charge in [0.25, 0.3) is 0 Å². The number of hydrogen-bond acceptors (Lipinski definition) is 5. The zero-order valence-corrected chi connectivity index (χ0v) is 11.4. The monoisotopic (exact) mass is 274 g/mol. The van der Waals surface area contributed by atoms with E-state index in [0.29, 0.717) is 25.9 Å². The van der Waals surface area contributed by atoms with E-state index in [1.165, 1.54) is 0 Å². The molecule has 1 amide bonds. The second kappa shape index (κ2) is 4.45. The molecule has 1 saturated heterocycles. The largest absolute Gasteiger partial charge is 0.368 e. The van der Waals surface area contributed by atoms with Crippen LogP contribution in [0.2, 0.25) is 0 Å². The Kier molecular flexibility index (Phi) is 2.86. The molecule has 3 rings (SSSR count). The Morgan fingerprint density at radius 1 is 1.40 bits per heavy atom. The van der Waals surface area contributed by atoms with Crippen molar-refractivity contribution in [3.05, 3.63) is 18.1 Å². The van der Waals surface area contributed by atoms with E-state index in [1.807, 2.05) is 13.1 Å². The average Bonchev–Trinajstić information content (AvgIpc) is 2.82. The fourth-order valence-corrected chi connectivity index (χ4v) is 2.70. The average molecular weight is 274 g/mol. The van der Waals surface area contributed by atoms with E-state index in [-0.39, 0.29) is 0 Å². The number of nitrogens with zero attached hydrogens (tertiary/aromatic N) is 3. The third-order valence-corrected chi connectivity index (χ3v) is 4.09. The number of primary amides is 1.